The summed E-state index contributed by atoms with van der Waals surface area (Å²) in [5.74, 6) is -1.42. The van der Waals surface area contributed by atoms with E-state index in [1.54, 1.807) is 24.7 Å². The van der Waals surface area contributed by atoms with E-state index in [2.05, 4.69) is 25.3 Å². The van der Waals surface area contributed by atoms with Crippen LogP contribution in [0.3, 0.4) is 0 Å². The Morgan fingerprint density at radius 2 is 1.95 bits per heavy atom. The molecule has 1 saturated heterocycles. The number of piperidine rings is 1. The van der Waals surface area contributed by atoms with Crippen molar-refractivity contribution in [1.29, 1.82) is 0 Å². The molecule has 1 aliphatic rings. The van der Waals surface area contributed by atoms with E-state index in [9.17, 15) is 13.9 Å². The van der Waals surface area contributed by atoms with Crippen molar-refractivity contribution in [3.05, 3.63) is 60.6 Å². The smallest absolute Gasteiger partial charge is 0.229 e. The molecule has 0 bridgehead atoms. The molecule has 3 aromatic heterocycles. The number of nitrogens with one attached hydrogen (secondary N) is 1. The lowest BCUT2D eigenvalue weighted by atomic mass is 9.92. The van der Waals surface area contributed by atoms with Crippen LogP contribution in [0.4, 0.5) is 26.1 Å². The second-order valence-corrected chi connectivity index (χ2v) is 9.03. The normalized spacial score (nSPS) is 19.8. The molecule has 194 valence electrons. The Labute approximate surface area is 211 Å². The van der Waals surface area contributed by atoms with Crippen molar-refractivity contribution in [1.82, 2.24) is 19.6 Å². The van der Waals surface area contributed by atoms with Crippen molar-refractivity contribution in [3.63, 3.8) is 0 Å². The lowest BCUT2D eigenvalue weighted by Gasteiger charge is -2.40. The average molecular weight is 512 g/mol. The number of hydrogen-bond acceptors (Lipinski definition) is 9. The maximum absolute atomic E-state index is 14.8. The molecule has 12 heteroatoms. The highest BCUT2D eigenvalue weighted by Crippen LogP contribution is 2.32. The van der Waals surface area contributed by atoms with Gasteiger partial charge in [0.25, 0.3) is 0 Å². The van der Waals surface area contributed by atoms with Gasteiger partial charge in [0.2, 0.25) is 5.95 Å². The molecule has 0 aliphatic carbocycles. The van der Waals surface area contributed by atoms with Crippen LogP contribution in [0.5, 0.6) is 5.75 Å². The number of nitrogens with zero attached hydrogens (tertiary/aromatic N) is 5. The number of anilines is 3. The van der Waals surface area contributed by atoms with Gasteiger partial charge in [-0.1, -0.05) is 6.92 Å². The number of nitrogens with two attached hydrogens (primary N) is 1. The lowest BCUT2D eigenvalue weighted by molar-refractivity contribution is 0.0785. The molecular weight excluding hydrogens is 484 g/mol. The van der Waals surface area contributed by atoms with Crippen LogP contribution in [-0.2, 0) is 0 Å². The molecular formula is C25H27F2N7O3. The van der Waals surface area contributed by atoms with E-state index in [1.165, 1.54) is 10.6 Å². The number of aliphatic hydroxyl groups excluding tert-OH is 2. The summed E-state index contributed by atoms with van der Waals surface area (Å²) in [5.41, 5.74) is 7.98. The lowest BCUT2D eigenvalue weighted by Crippen LogP contribution is -2.55. The topological polar surface area (TPSA) is 134 Å². The summed E-state index contributed by atoms with van der Waals surface area (Å²) in [4.78, 5) is 10.7. The van der Waals surface area contributed by atoms with E-state index in [1.807, 2.05) is 13.0 Å². The molecule has 0 spiro atoms. The summed E-state index contributed by atoms with van der Waals surface area (Å²) in [6, 6.07) is 6.72. The molecule has 1 fully saturated rings. The fourth-order valence-electron chi connectivity index (χ4n) is 4.53. The molecule has 5 rings (SSSR count). The minimum atomic E-state index is -0.846. The highest BCUT2D eigenvalue weighted by Gasteiger charge is 2.32. The van der Waals surface area contributed by atoms with Gasteiger partial charge >= 0.3 is 0 Å². The highest BCUT2D eigenvalue weighted by atomic mass is 19.1. The highest BCUT2D eigenvalue weighted by molar-refractivity contribution is 5.74. The van der Waals surface area contributed by atoms with Gasteiger partial charge in [0.05, 0.1) is 53.3 Å². The number of halogens is 2. The van der Waals surface area contributed by atoms with Crippen molar-refractivity contribution in [2.75, 3.05) is 36.5 Å². The summed E-state index contributed by atoms with van der Waals surface area (Å²) >= 11 is 0. The van der Waals surface area contributed by atoms with Gasteiger partial charge in [0.15, 0.2) is 0 Å². The van der Waals surface area contributed by atoms with Crippen molar-refractivity contribution >= 4 is 22.8 Å². The molecule has 0 amide bonds. The van der Waals surface area contributed by atoms with Gasteiger partial charge in [-0.2, -0.15) is 9.61 Å². The van der Waals surface area contributed by atoms with Crippen LogP contribution >= 0.6 is 0 Å². The number of aliphatic hydroxyl groups is 2. The predicted octanol–water partition coefficient (Wildman–Crippen LogP) is 2.33. The van der Waals surface area contributed by atoms with Crippen molar-refractivity contribution < 1.29 is 23.7 Å². The molecule has 10 nitrogen and oxygen atoms in total. The molecule has 3 atom stereocenters. The monoisotopic (exact) mass is 511 g/mol. The van der Waals surface area contributed by atoms with Crippen LogP contribution in [-0.4, -0.2) is 68.2 Å². The zero-order valence-corrected chi connectivity index (χ0v) is 20.1. The number of pyridine rings is 1. The Morgan fingerprint density at radius 1 is 1.16 bits per heavy atom. The van der Waals surface area contributed by atoms with Gasteiger partial charge in [-0.25, -0.2) is 13.8 Å². The number of fused-ring (bicyclic) bond motifs is 1. The maximum Gasteiger partial charge on any atom is 0.229 e. The summed E-state index contributed by atoms with van der Waals surface area (Å²) < 4.78 is 36.3. The number of hydrogen-bond donors (Lipinski definition) is 4. The molecule has 0 saturated carbocycles. The van der Waals surface area contributed by atoms with Crippen molar-refractivity contribution in [3.8, 4) is 17.0 Å². The molecule has 4 aromatic rings. The van der Waals surface area contributed by atoms with Gasteiger partial charge in [0.1, 0.15) is 24.0 Å². The zero-order valence-electron chi connectivity index (χ0n) is 20.1. The van der Waals surface area contributed by atoms with Gasteiger partial charge in [-0.15, -0.1) is 0 Å². The Bertz CT molecular complexity index is 1380. The van der Waals surface area contributed by atoms with E-state index in [-0.39, 0.29) is 36.1 Å². The Kier molecular flexibility index (Phi) is 6.87. The Hall–Kier alpha value is -3.87. The quantitative estimate of drug-likeness (QED) is 0.295. The molecule has 4 heterocycles. The molecule has 1 aromatic carbocycles. The van der Waals surface area contributed by atoms with Crippen LogP contribution in [0.15, 0.2) is 48.9 Å². The first-order valence-corrected chi connectivity index (χ1v) is 11.8. The number of benzene rings is 1. The number of aromatic nitrogens is 4. The van der Waals surface area contributed by atoms with Crippen LogP contribution < -0.4 is 20.7 Å². The number of ether oxygens (including phenoxy) is 1. The fourth-order valence-corrected chi connectivity index (χ4v) is 4.53. The van der Waals surface area contributed by atoms with Crippen LogP contribution in [0.25, 0.3) is 16.8 Å². The summed E-state index contributed by atoms with van der Waals surface area (Å²) in [6.45, 7) is 2.66. The first-order chi connectivity index (χ1) is 17.9. The second-order valence-electron chi connectivity index (χ2n) is 9.03. The molecule has 1 aliphatic heterocycles. The third-order valence-corrected chi connectivity index (χ3v) is 6.36. The minimum Gasteiger partial charge on any atom is -0.491 e. The zero-order chi connectivity index (χ0) is 26.1. The van der Waals surface area contributed by atoms with Gasteiger partial charge in [0, 0.05) is 43.4 Å². The van der Waals surface area contributed by atoms with E-state index in [4.69, 9.17) is 15.6 Å². The van der Waals surface area contributed by atoms with Crippen molar-refractivity contribution in [2.45, 2.75) is 19.1 Å². The minimum absolute atomic E-state index is 0.0218. The third kappa shape index (κ3) is 4.90. The fraction of sp³-hybridized carbons (Fsp3) is 0.320. The average Bonchev–Trinajstić information content (AvgIpc) is 3.27. The predicted molar refractivity (Wildman–Crippen MR) is 134 cm³/mol. The Balaban J connectivity index is 1.47. The van der Waals surface area contributed by atoms with E-state index in [0.717, 1.165) is 17.8 Å². The Morgan fingerprint density at radius 3 is 2.68 bits per heavy atom. The number of rotatable bonds is 7. The van der Waals surface area contributed by atoms with E-state index >= 15 is 0 Å². The van der Waals surface area contributed by atoms with Crippen LogP contribution in [0, 0.1) is 17.6 Å². The number of imidazole rings is 1. The van der Waals surface area contributed by atoms with Gasteiger partial charge in [-0.05, 0) is 18.2 Å². The van der Waals surface area contributed by atoms with Crippen LogP contribution in [0.2, 0.25) is 0 Å². The standard InChI is InChI=1S/C25H27F2N7O3/c1-14-12-33(13-19(28)24(14)36)22-4-5-29-11-21(22)31-25-30-10-15-2-3-20(32-34(15)25)23-17(26)8-16(9-18(23)27)37-7-6-35/h2-5,8-11,14,19,24,35-36H,6-7,12-13,28H2,1H3,(H,30,31)/t14-,19+,24+/m0/s1. The third-order valence-electron chi connectivity index (χ3n) is 6.36. The summed E-state index contributed by atoms with van der Waals surface area (Å²) in [5, 5.41) is 26.8. The van der Waals surface area contributed by atoms with Crippen molar-refractivity contribution in [2.24, 2.45) is 11.7 Å². The van der Waals surface area contributed by atoms with Crippen LogP contribution in [0.1, 0.15) is 6.92 Å². The summed E-state index contributed by atoms with van der Waals surface area (Å²) in [6.07, 6.45) is 4.32. The van der Waals surface area contributed by atoms with Gasteiger partial charge < -0.3 is 30.9 Å². The SMILES string of the molecule is C[C@H]1CN(c2ccncc2Nc2ncc3ccc(-c4c(F)cc(OCCO)cc4F)nn23)C[C@@H](N)[C@@H]1O. The summed E-state index contributed by atoms with van der Waals surface area (Å²) in [7, 11) is 0. The molecule has 0 unspecified atom stereocenters. The van der Waals surface area contributed by atoms with Gasteiger partial charge in [-0.3, -0.25) is 4.98 Å². The molecule has 0 radical (unpaired) electrons. The largest absolute Gasteiger partial charge is 0.491 e. The maximum atomic E-state index is 14.8. The van der Waals surface area contributed by atoms with E-state index < -0.39 is 23.8 Å². The molecule has 37 heavy (non-hydrogen) atoms. The second kappa shape index (κ2) is 10.2. The molecule has 5 N–H and O–H groups in total. The van der Waals surface area contributed by atoms with E-state index in [0.29, 0.717) is 30.2 Å². The first kappa shape index (κ1) is 24.8. The first-order valence-electron chi connectivity index (χ1n) is 11.8.